The van der Waals surface area contributed by atoms with E-state index in [9.17, 15) is 14.4 Å². The van der Waals surface area contributed by atoms with Crippen LogP contribution in [0.1, 0.15) is 20.9 Å². The number of carbonyl (C=O) groups is 2. The van der Waals surface area contributed by atoms with Crippen LogP contribution in [0, 0.1) is 0 Å². The molecular formula is C11H6O6. The topological polar surface area (TPSA) is 105 Å². The van der Waals surface area contributed by atoms with E-state index < -0.39 is 23.3 Å². The van der Waals surface area contributed by atoms with Gasteiger partial charge in [-0.3, -0.25) is 0 Å². The molecule has 0 atom stereocenters. The summed E-state index contributed by atoms with van der Waals surface area (Å²) in [5.41, 5.74) is -1.01. The third-order valence-electron chi connectivity index (χ3n) is 2.25. The van der Waals surface area contributed by atoms with Crippen LogP contribution in [-0.4, -0.2) is 22.2 Å². The highest BCUT2D eigenvalue weighted by Gasteiger charge is 2.15. The second kappa shape index (κ2) is 3.75. The maximum absolute atomic E-state index is 11.5. The Balaban J connectivity index is 2.93. The van der Waals surface area contributed by atoms with E-state index in [4.69, 9.17) is 10.2 Å². The largest absolute Gasteiger partial charge is 0.478 e. The Morgan fingerprint density at radius 2 is 1.76 bits per heavy atom. The molecule has 0 aliphatic heterocycles. The Bertz CT molecular complexity index is 682. The summed E-state index contributed by atoms with van der Waals surface area (Å²) in [6.45, 7) is 0. The van der Waals surface area contributed by atoms with E-state index in [0.29, 0.717) is 0 Å². The summed E-state index contributed by atoms with van der Waals surface area (Å²) in [4.78, 5) is 33.1. The molecule has 0 radical (unpaired) electrons. The first-order chi connectivity index (χ1) is 8.00. The Morgan fingerprint density at radius 1 is 1.06 bits per heavy atom. The third kappa shape index (κ3) is 1.76. The van der Waals surface area contributed by atoms with Gasteiger partial charge in [0.1, 0.15) is 0 Å². The number of carboxylic acids is 2. The van der Waals surface area contributed by atoms with Gasteiger partial charge in [0.15, 0.2) is 0 Å². The van der Waals surface area contributed by atoms with Crippen molar-refractivity contribution in [1.82, 2.24) is 0 Å². The van der Waals surface area contributed by atoms with Gasteiger partial charge in [-0.1, -0.05) is 6.07 Å². The highest BCUT2D eigenvalue weighted by Crippen LogP contribution is 2.17. The molecule has 86 valence electrons. The Hall–Kier alpha value is -2.63. The first-order valence-corrected chi connectivity index (χ1v) is 4.54. The van der Waals surface area contributed by atoms with Gasteiger partial charge in [-0.2, -0.15) is 0 Å². The standard InChI is InChI=1S/C11H6O6/c12-9(13)5-2-1-3-6-7(5)4-8(10(14)15)17-11(6)16/h1-4H,(H,12,13)(H,14,15). The van der Waals surface area contributed by atoms with Crippen molar-refractivity contribution in [2.75, 3.05) is 0 Å². The Kier molecular flexibility index (Phi) is 2.40. The van der Waals surface area contributed by atoms with E-state index in [1.165, 1.54) is 18.2 Å². The lowest BCUT2D eigenvalue weighted by Gasteiger charge is -2.01. The first-order valence-electron chi connectivity index (χ1n) is 4.54. The van der Waals surface area contributed by atoms with Crippen molar-refractivity contribution in [2.24, 2.45) is 0 Å². The van der Waals surface area contributed by atoms with Crippen molar-refractivity contribution in [3.8, 4) is 0 Å². The van der Waals surface area contributed by atoms with Gasteiger partial charge < -0.3 is 14.6 Å². The quantitative estimate of drug-likeness (QED) is 0.808. The van der Waals surface area contributed by atoms with Gasteiger partial charge in [0, 0.05) is 5.39 Å². The lowest BCUT2D eigenvalue weighted by Crippen LogP contribution is -2.08. The monoisotopic (exact) mass is 234 g/mol. The smallest absolute Gasteiger partial charge is 0.371 e. The van der Waals surface area contributed by atoms with Gasteiger partial charge in [-0.05, 0) is 18.2 Å². The number of rotatable bonds is 2. The molecule has 0 spiro atoms. The molecule has 1 aromatic carbocycles. The minimum absolute atomic E-state index is 0.0369. The molecule has 0 aliphatic carbocycles. The van der Waals surface area contributed by atoms with Crippen molar-refractivity contribution in [3.63, 3.8) is 0 Å². The van der Waals surface area contributed by atoms with Crippen molar-refractivity contribution >= 4 is 22.7 Å². The third-order valence-corrected chi connectivity index (χ3v) is 2.25. The SMILES string of the molecule is O=C(O)c1cc2c(C(=O)O)cccc2c(=O)o1. The van der Waals surface area contributed by atoms with Crippen molar-refractivity contribution < 1.29 is 24.2 Å². The maximum atomic E-state index is 11.5. The van der Waals surface area contributed by atoms with Gasteiger partial charge in [0.05, 0.1) is 10.9 Å². The van der Waals surface area contributed by atoms with Crippen LogP contribution in [-0.2, 0) is 0 Å². The molecular weight excluding hydrogens is 228 g/mol. The summed E-state index contributed by atoms with van der Waals surface area (Å²) in [6, 6.07) is 5.08. The summed E-state index contributed by atoms with van der Waals surface area (Å²) in [5.74, 6) is -3.25. The van der Waals surface area contributed by atoms with Crippen LogP contribution in [0.15, 0.2) is 33.5 Å². The zero-order chi connectivity index (χ0) is 12.6. The normalized spacial score (nSPS) is 10.4. The van der Waals surface area contributed by atoms with Crippen molar-refractivity contribution in [1.29, 1.82) is 0 Å². The summed E-state index contributed by atoms with van der Waals surface area (Å²) in [6.07, 6.45) is 0. The summed E-state index contributed by atoms with van der Waals surface area (Å²) < 4.78 is 4.54. The predicted octanol–water partition coefficient (Wildman–Crippen LogP) is 1.19. The van der Waals surface area contributed by atoms with E-state index in [2.05, 4.69) is 4.42 Å². The fraction of sp³-hybridized carbons (Fsp3) is 0. The summed E-state index contributed by atoms with van der Waals surface area (Å²) in [5, 5.41) is 17.7. The van der Waals surface area contributed by atoms with Crippen LogP contribution in [0.4, 0.5) is 0 Å². The van der Waals surface area contributed by atoms with E-state index in [-0.39, 0.29) is 16.3 Å². The highest BCUT2D eigenvalue weighted by atomic mass is 16.4. The lowest BCUT2D eigenvalue weighted by molar-refractivity contribution is 0.0654. The minimum Gasteiger partial charge on any atom is -0.478 e. The van der Waals surface area contributed by atoms with Crippen molar-refractivity contribution in [2.45, 2.75) is 0 Å². The van der Waals surface area contributed by atoms with Crippen LogP contribution in [0.5, 0.6) is 0 Å². The molecule has 6 nitrogen and oxygen atoms in total. The Labute approximate surface area is 93.7 Å². The number of carboxylic acid groups (broad SMARTS) is 2. The second-order valence-corrected chi connectivity index (χ2v) is 3.28. The number of hydrogen-bond donors (Lipinski definition) is 2. The molecule has 6 heteroatoms. The van der Waals surface area contributed by atoms with E-state index in [1.54, 1.807) is 0 Å². The number of fused-ring (bicyclic) bond motifs is 1. The Morgan fingerprint density at radius 3 is 2.35 bits per heavy atom. The zero-order valence-electron chi connectivity index (χ0n) is 8.34. The van der Waals surface area contributed by atoms with Gasteiger partial charge >= 0.3 is 17.6 Å². The number of aromatic carboxylic acids is 2. The minimum atomic E-state index is -1.43. The lowest BCUT2D eigenvalue weighted by atomic mass is 10.1. The number of hydrogen-bond acceptors (Lipinski definition) is 4. The zero-order valence-corrected chi connectivity index (χ0v) is 8.34. The summed E-state index contributed by atoms with van der Waals surface area (Å²) >= 11 is 0. The highest BCUT2D eigenvalue weighted by molar-refractivity contribution is 6.04. The molecule has 0 fully saturated rings. The van der Waals surface area contributed by atoms with Gasteiger partial charge in [0.2, 0.25) is 5.76 Å². The average Bonchev–Trinajstić information content (AvgIpc) is 2.27. The molecule has 0 unspecified atom stereocenters. The van der Waals surface area contributed by atoms with Crippen molar-refractivity contribution in [3.05, 3.63) is 46.0 Å². The molecule has 1 heterocycles. The van der Waals surface area contributed by atoms with Crippen LogP contribution in [0.3, 0.4) is 0 Å². The number of benzene rings is 1. The van der Waals surface area contributed by atoms with Gasteiger partial charge in [-0.15, -0.1) is 0 Å². The molecule has 0 saturated carbocycles. The first kappa shape index (κ1) is 10.9. The molecule has 0 aliphatic rings. The maximum Gasteiger partial charge on any atom is 0.371 e. The van der Waals surface area contributed by atoms with Crippen LogP contribution in [0.25, 0.3) is 10.8 Å². The van der Waals surface area contributed by atoms with E-state index >= 15 is 0 Å². The molecule has 0 amide bonds. The second-order valence-electron chi connectivity index (χ2n) is 3.28. The van der Waals surface area contributed by atoms with Crippen LogP contribution >= 0.6 is 0 Å². The van der Waals surface area contributed by atoms with E-state index in [0.717, 1.165) is 6.07 Å². The molecule has 17 heavy (non-hydrogen) atoms. The average molecular weight is 234 g/mol. The molecule has 2 rings (SSSR count). The van der Waals surface area contributed by atoms with Gasteiger partial charge in [-0.25, -0.2) is 14.4 Å². The fourth-order valence-corrected chi connectivity index (χ4v) is 1.51. The molecule has 2 N–H and O–H groups in total. The fourth-order valence-electron chi connectivity index (χ4n) is 1.51. The van der Waals surface area contributed by atoms with Gasteiger partial charge in [0.25, 0.3) is 0 Å². The van der Waals surface area contributed by atoms with Crippen LogP contribution in [0.2, 0.25) is 0 Å². The summed E-state index contributed by atoms with van der Waals surface area (Å²) in [7, 11) is 0. The molecule has 2 aromatic rings. The molecule has 0 saturated heterocycles. The van der Waals surface area contributed by atoms with Crippen LogP contribution < -0.4 is 5.63 Å². The molecule has 1 aromatic heterocycles. The van der Waals surface area contributed by atoms with E-state index in [1.807, 2.05) is 0 Å². The molecule has 0 bridgehead atoms. The predicted molar refractivity (Wildman–Crippen MR) is 56.4 cm³/mol.